The standard InChI is InChI=1S/C17H16F2N4O3/c1-25-12-7-2-4-9(15(12)26-16(18)19)14-13-10(5-3-6-11(13)24)22-17-20-8-21-23(14)17/h2,4,7-8,14,16H,3,5-6H2,1H3,(H,20,21,22)/t14-/m1/s1. The Bertz CT molecular complexity index is 894. The van der Waals surface area contributed by atoms with Crippen molar-refractivity contribution in [2.75, 3.05) is 12.4 Å². The molecule has 1 aromatic heterocycles. The first-order valence-electron chi connectivity index (χ1n) is 8.14. The molecular weight excluding hydrogens is 346 g/mol. The molecule has 1 N–H and O–H groups in total. The second-order valence-electron chi connectivity index (χ2n) is 5.98. The molecule has 0 spiro atoms. The van der Waals surface area contributed by atoms with E-state index in [9.17, 15) is 13.6 Å². The Balaban J connectivity index is 1.94. The molecule has 1 aliphatic heterocycles. The summed E-state index contributed by atoms with van der Waals surface area (Å²) in [6.45, 7) is -3.03. The van der Waals surface area contributed by atoms with Gasteiger partial charge in [0.15, 0.2) is 17.3 Å². The summed E-state index contributed by atoms with van der Waals surface area (Å²) in [7, 11) is 1.37. The number of aromatic nitrogens is 3. The quantitative estimate of drug-likeness (QED) is 0.901. The molecule has 0 saturated heterocycles. The molecule has 2 heterocycles. The molecule has 0 fully saturated rings. The first kappa shape index (κ1) is 16.5. The van der Waals surface area contributed by atoms with Crippen molar-refractivity contribution in [3.05, 3.63) is 41.4 Å². The lowest BCUT2D eigenvalue weighted by Gasteiger charge is -2.33. The van der Waals surface area contributed by atoms with Gasteiger partial charge in [0.05, 0.1) is 7.11 Å². The highest BCUT2D eigenvalue weighted by Gasteiger charge is 2.38. The minimum absolute atomic E-state index is 0.0456. The van der Waals surface area contributed by atoms with Crippen LogP contribution in [-0.2, 0) is 4.79 Å². The molecule has 7 nitrogen and oxygen atoms in total. The number of halogens is 2. The number of fused-ring (bicyclic) bond motifs is 1. The van der Waals surface area contributed by atoms with Crippen LogP contribution in [0.15, 0.2) is 35.8 Å². The number of ketones is 1. The maximum Gasteiger partial charge on any atom is 0.387 e. The van der Waals surface area contributed by atoms with Crippen LogP contribution in [0.5, 0.6) is 11.5 Å². The smallest absolute Gasteiger partial charge is 0.387 e. The van der Waals surface area contributed by atoms with E-state index < -0.39 is 12.7 Å². The lowest BCUT2D eigenvalue weighted by atomic mass is 9.85. The minimum atomic E-state index is -3.03. The summed E-state index contributed by atoms with van der Waals surface area (Å²) in [5.74, 6) is 0.460. The zero-order valence-corrected chi connectivity index (χ0v) is 13.9. The fourth-order valence-corrected chi connectivity index (χ4v) is 3.51. The number of carbonyl (C=O) groups excluding carboxylic acids is 1. The van der Waals surface area contributed by atoms with Crippen LogP contribution >= 0.6 is 0 Å². The second kappa shape index (κ2) is 6.40. The van der Waals surface area contributed by atoms with Crippen molar-refractivity contribution >= 4 is 11.7 Å². The van der Waals surface area contributed by atoms with Gasteiger partial charge in [0.1, 0.15) is 12.4 Å². The topological polar surface area (TPSA) is 78.3 Å². The van der Waals surface area contributed by atoms with Gasteiger partial charge in [-0.3, -0.25) is 4.79 Å². The summed E-state index contributed by atoms with van der Waals surface area (Å²) in [6.07, 6.45) is 3.16. The summed E-state index contributed by atoms with van der Waals surface area (Å²) in [5, 5.41) is 7.31. The maximum atomic E-state index is 13.0. The molecular formula is C17H16F2N4O3. The van der Waals surface area contributed by atoms with E-state index in [1.54, 1.807) is 12.1 Å². The van der Waals surface area contributed by atoms with Crippen molar-refractivity contribution in [3.8, 4) is 11.5 Å². The number of rotatable bonds is 4. The van der Waals surface area contributed by atoms with E-state index in [4.69, 9.17) is 9.47 Å². The summed E-state index contributed by atoms with van der Waals surface area (Å²) in [4.78, 5) is 16.8. The predicted octanol–water partition coefficient (Wildman–Crippen LogP) is 2.91. The third-order valence-corrected chi connectivity index (χ3v) is 4.54. The average Bonchev–Trinajstić information content (AvgIpc) is 3.08. The highest BCUT2D eigenvalue weighted by atomic mass is 19.3. The molecule has 1 aromatic carbocycles. The van der Waals surface area contributed by atoms with Gasteiger partial charge in [-0.2, -0.15) is 18.9 Å². The minimum Gasteiger partial charge on any atom is -0.493 e. The van der Waals surface area contributed by atoms with Crippen LogP contribution in [0.4, 0.5) is 14.7 Å². The van der Waals surface area contributed by atoms with Crippen LogP contribution < -0.4 is 14.8 Å². The number of alkyl halides is 2. The Labute approximate surface area is 147 Å². The third-order valence-electron chi connectivity index (χ3n) is 4.54. The van der Waals surface area contributed by atoms with Gasteiger partial charge in [-0.1, -0.05) is 12.1 Å². The number of benzene rings is 1. The largest absolute Gasteiger partial charge is 0.493 e. The van der Waals surface area contributed by atoms with E-state index in [1.165, 1.54) is 24.2 Å². The lowest BCUT2D eigenvalue weighted by molar-refractivity contribution is -0.116. The molecule has 2 aliphatic rings. The third kappa shape index (κ3) is 2.59. The fourth-order valence-electron chi connectivity index (χ4n) is 3.51. The number of carbonyl (C=O) groups is 1. The van der Waals surface area contributed by atoms with Gasteiger partial charge >= 0.3 is 6.61 Å². The average molecular weight is 362 g/mol. The monoisotopic (exact) mass is 362 g/mol. The van der Waals surface area contributed by atoms with Gasteiger partial charge in [-0.05, 0) is 18.9 Å². The normalized spacial score (nSPS) is 19.1. The number of hydrogen-bond acceptors (Lipinski definition) is 6. The molecule has 0 radical (unpaired) electrons. The van der Waals surface area contributed by atoms with Crippen molar-refractivity contribution in [2.24, 2.45) is 0 Å². The summed E-state index contributed by atoms with van der Waals surface area (Å²) >= 11 is 0. The molecule has 0 unspecified atom stereocenters. The number of anilines is 1. The van der Waals surface area contributed by atoms with Gasteiger partial charge in [0, 0.05) is 23.3 Å². The molecule has 4 rings (SSSR count). The fraction of sp³-hybridized carbons (Fsp3) is 0.353. The number of para-hydroxylation sites is 1. The number of allylic oxidation sites excluding steroid dienone is 2. The zero-order chi connectivity index (χ0) is 18.3. The molecule has 0 bridgehead atoms. The lowest BCUT2D eigenvalue weighted by Crippen LogP contribution is -2.32. The van der Waals surface area contributed by atoms with Crippen LogP contribution in [0, 0.1) is 0 Å². The highest BCUT2D eigenvalue weighted by Crippen LogP contribution is 2.45. The Morgan fingerprint density at radius 2 is 2.19 bits per heavy atom. The molecule has 1 aliphatic carbocycles. The van der Waals surface area contributed by atoms with Crippen LogP contribution in [0.3, 0.4) is 0 Å². The SMILES string of the molecule is COc1cccc([C@@H]2C3=C(CCCC3=O)Nc3ncnn32)c1OC(F)F. The molecule has 2 aromatic rings. The molecule has 9 heteroatoms. The van der Waals surface area contributed by atoms with Crippen molar-refractivity contribution in [1.82, 2.24) is 14.8 Å². The predicted molar refractivity (Wildman–Crippen MR) is 87.3 cm³/mol. The Kier molecular flexibility index (Phi) is 4.06. The number of ether oxygens (including phenoxy) is 2. The summed E-state index contributed by atoms with van der Waals surface area (Å²) in [6, 6.07) is 4.12. The zero-order valence-electron chi connectivity index (χ0n) is 13.9. The van der Waals surface area contributed by atoms with E-state index in [-0.39, 0.29) is 17.3 Å². The molecule has 26 heavy (non-hydrogen) atoms. The first-order valence-corrected chi connectivity index (χ1v) is 8.14. The van der Waals surface area contributed by atoms with Crippen LogP contribution in [0.2, 0.25) is 0 Å². The molecule has 136 valence electrons. The molecule has 0 saturated carbocycles. The van der Waals surface area contributed by atoms with E-state index in [0.717, 1.165) is 12.1 Å². The van der Waals surface area contributed by atoms with Gasteiger partial charge in [-0.25, -0.2) is 4.68 Å². The van der Waals surface area contributed by atoms with Crippen molar-refractivity contribution < 1.29 is 23.0 Å². The van der Waals surface area contributed by atoms with Gasteiger partial charge in [-0.15, -0.1) is 0 Å². The Morgan fingerprint density at radius 1 is 1.35 bits per heavy atom. The number of Topliss-reactive ketones (excluding diaryl/α,β-unsaturated/α-hetero) is 1. The number of methoxy groups -OCH3 is 1. The van der Waals surface area contributed by atoms with Gasteiger partial charge in [0.2, 0.25) is 5.95 Å². The van der Waals surface area contributed by atoms with E-state index in [0.29, 0.717) is 29.9 Å². The van der Waals surface area contributed by atoms with Gasteiger partial charge < -0.3 is 14.8 Å². The number of nitrogens with one attached hydrogen (secondary N) is 1. The van der Waals surface area contributed by atoms with Gasteiger partial charge in [0.25, 0.3) is 0 Å². The first-order chi connectivity index (χ1) is 12.6. The maximum absolute atomic E-state index is 13.0. The summed E-state index contributed by atoms with van der Waals surface area (Å²) < 4.78 is 37.5. The molecule has 1 atom stereocenters. The van der Waals surface area contributed by atoms with Crippen LogP contribution in [0.25, 0.3) is 0 Å². The van der Waals surface area contributed by atoms with Crippen LogP contribution in [0.1, 0.15) is 30.9 Å². The Hall–Kier alpha value is -2.97. The van der Waals surface area contributed by atoms with Crippen LogP contribution in [-0.4, -0.2) is 34.3 Å². The Morgan fingerprint density at radius 3 is 2.96 bits per heavy atom. The van der Waals surface area contributed by atoms with E-state index in [1.807, 2.05) is 0 Å². The van der Waals surface area contributed by atoms with Crippen molar-refractivity contribution in [3.63, 3.8) is 0 Å². The van der Waals surface area contributed by atoms with E-state index >= 15 is 0 Å². The summed E-state index contributed by atoms with van der Waals surface area (Å²) in [5.41, 5.74) is 1.62. The number of nitrogens with zero attached hydrogens (tertiary/aromatic N) is 3. The van der Waals surface area contributed by atoms with Crippen molar-refractivity contribution in [1.29, 1.82) is 0 Å². The highest BCUT2D eigenvalue weighted by molar-refractivity contribution is 5.99. The van der Waals surface area contributed by atoms with E-state index in [2.05, 4.69) is 15.4 Å². The van der Waals surface area contributed by atoms with Crippen molar-refractivity contribution in [2.45, 2.75) is 31.9 Å². The number of hydrogen-bond donors (Lipinski definition) is 1. The second-order valence-corrected chi connectivity index (χ2v) is 5.98. The molecule has 0 amide bonds.